The molecule has 1 saturated heterocycles. The van der Waals surface area contributed by atoms with E-state index in [-0.39, 0.29) is 11.9 Å². The quantitative estimate of drug-likeness (QED) is 0.620. The lowest BCUT2D eigenvalue weighted by Gasteiger charge is -2.33. The molecule has 1 aliphatic rings. The van der Waals surface area contributed by atoms with Crippen LogP contribution in [0.4, 0.5) is 0 Å². The Hall–Kier alpha value is -1.82. The summed E-state index contributed by atoms with van der Waals surface area (Å²) in [5, 5.41) is 4.57. The van der Waals surface area contributed by atoms with Crippen molar-refractivity contribution >= 4 is 38.9 Å². The minimum absolute atomic E-state index is 0.0552. The smallest absolute Gasteiger partial charge is 0.263 e. The van der Waals surface area contributed by atoms with Crippen LogP contribution in [-0.2, 0) is 0 Å². The number of halogens is 1. The minimum atomic E-state index is -0.118. The number of nitrogens with zero attached hydrogens (tertiary/aromatic N) is 1. The molecule has 0 bridgehead atoms. The van der Waals surface area contributed by atoms with E-state index in [1.54, 1.807) is 6.26 Å². The van der Waals surface area contributed by atoms with Crippen molar-refractivity contribution in [1.82, 2.24) is 10.2 Å². The average Bonchev–Trinajstić information content (AvgIpc) is 3.31. The highest BCUT2D eigenvalue weighted by molar-refractivity contribution is 7.21. The predicted molar refractivity (Wildman–Crippen MR) is 111 cm³/mol. The fourth-order valence-corrected chi connectivity index (χ4v) is 5.24. The molecule has 6 heteroatoms. The van der Waals surface area contributed by atoms with Gasteiger partial charge in [-0.2, -0.15) is 0 Å². The number of likely N-dealkylation sites (tertiary alicyclic amines) is 1. The molecule has 0 radical (unpaired) electrons. The lowest BCUT2D eigenvalue weighted by molar-refractivity contribution is 0.0918. The third-order valence-corrected chi connectivity index (χ3v) is 6.81. The van der Waals surface area contributed by atoms with Crippen LogP contribution in [0.25, 0.3) is 10.1 Å². The predicted octanol–water partition coefficient (Wildman–Crippen LogP) is 5.41. The third kappa shape index (κ3) is 3.91. The van der Waals surface area contributed by atoms with Crippen LogP contribution in [-0.4, -0.2) is 30.4 Å². The Balaban J connectivity index is 1.52. The molecule has 2 aromatic heterocycles. The van der Waals surface area contributed by atoms with Crippen molar-refractivity contribution in [2.24, 2.45) is 0 Å². The van der Waals surface area contributed by atoms with E-state index in [4.69, 9.17) is 16.0 Å². The number of piperidine rings is 1. The van der Waals surface area contributed by atoms with Gasteiger partial charge in [0.1, 0.15) is 10.6 Å². The van der Waals surface area contributed by atoms with Crippen LogP contribution >= 0.6 is 22.9 Å². The monoisotopic (exact) mass is 402 g/mol. The number of carbonyl (C=O) groups excluding carboxylic acids is 1. The van der Waals surface area contributed by atoms with Gasteiger partial charge in [-0.3, -0.25) is 9.69 Å². The molecule has 1 aromatic carbocycles. The van der Waals surface area contributed by atoms with Gasteiger partial charge in [-0.15, -0.1) is 11.3 Å². The normalized spacial score (nSPS) is 16.5. The highest BCUT2D eigenvalue weighted by Crippen LogP contribution is 2.36. The molecule has 3 aromatic rings. The summed E-state index contributed by atoms with van der Waals surface area (Å²) in [4.78, 5) is 15.8. The molecule has 142 valence electrons. The Morgan fingerprint density at radius 3 is 2.85 bits per heavy atom. The summed E-state index contributed by atoms with van der Waals surface area (Å²) in [6.45, 7) is 4.61. The summed E-state index contributed by atoms with van der Waals surface area (Å²) < 4.78 is 6.70. The highest BCUT2D eigenvalue weighted by Gasteiger charge is 2.26. The second-order valence-corrected chi connectivity index (χ2v) is 8.51. The van der Waals surface area contributed by atoms with Crippen molar-refractivity contribution in [1.29, 1.82) is 0 Å². The highest BCUT2D eigenvalue weighted by atomic mass is 35.5. The first-order valence-electron chi connectivity index (χ1n) is 9.38. The van der Waals surface area contributed by atoms with Gasteiger partial charge >= 0.3 is 0 Å². The van der Waals surface area contributed by atoms with E-state index in [0.29, 0.717) is 16.4 Å². The standard InChI is InChI=1S/C21H23ClN2O2S/c1-14-7-8-15-18(12-14)27-20(19(15)22)21(25)23-13-16(17-6-5-11-26-17)24-9-3-2-4-10-24/h5-8,11-12,16H,2-4,9-10,13H2,1H3,(H,23,25). The number of rotatable bonds is 5. The van der Waals surface area contributed by atoms with Crippen LogP contribution in [0.1, 0.15) is 46.3 Å². The molecule has 0 spiro atoms. The van der Waals surface area contributed by atoms with Gasteiger partial charge in [0.05, 0.1) is 17.3 Å². The zero-order valence-electron chi connectivity index (χ0n) is 15.3. The van der Waals surface area contributed by atoms with Crippen molar-refractivity contribution in [3.63, 3.8) is 0 Å². The molecular formula is C21H23ClN2O2S. The Kier molecular flexibility index (Phi) is 5.53. The van der Waals surface area contributed by atoms with Gasteiger partial charge in [0.15, 0.2) is 0 Å². The first-order valence-corrected chi connectivity index (χ1v) is 10.6. The van der Waals surface area contributed by atoms with Crippen LogP contribution in [0.3, 0.4) is 0 Å². The molecule has 1 unspecified atom stereocenters. The molecule has 27 heavy (non-hydrogen) atoms. The number of thiophene rings is 1. The molecule has 1 fully saturated rings. The molecule has 0 aliphatic carbocycles. The SMILES string of the molecule is Cc1ccc2c(Cl)c(C(=O)NCC(c3ccco3)N3CCCCC3)sc2c1. The van der Waals surface area contributed by atoms with Crippen molar-refractivity contribution in [3.8, 4) is 0 Å². The van der Waals surface area contributed by atoms with E-state index in [9.17, 15) is 4.79 Å². The molecule has 3 heterocycles. The first-order chi connectivity index (χ1) is 13.1. The molecule has 1 amide bonds. The van der Waals surface area contributed by atoms with Crippen LogP contribution in [0.15, 0.2) is 41.0 Å². The minimum Gasteiger partial charge on any atom is -0.468 e. The average molecular weight is 403 g/mol. The van der Waals surface area contributed by atoms with E-state index in [2.05, 4.69) is 16.3 Å². The summed E-state index contributed by atoms with van der Waals surface area (Å²) in [6.07, 6.45) is 5.34. The number of hydrogen-bond acceptors (Lipinski definition) is 4. The van der Waals surface area contributed by atoms with E-state index in [1.165, 1.54) is 30.6 Å². The summed E-state index contributed by atoms with van der Waals surface area (Å²) >= 11 is 7.94. The van der Waals surface area contributed by atoms with Gasteiger partial charge in [-0.25, -0.2) is 0 Å². The Labute approximate surface area is 168 Å². The maximum Gasteiger partial charge on any atom is 0.263 e. The topological polar surface area (TPSA) is 45.5 Å². The largest absolute Gasteiger partial charge is 0.468 e. The Morgan fingerprint density at radius 1 is 1.30 bits per heavy atom. The number of nitrogens with one attached hydrogen (secondary N) is 1. The van der Waals surface area contributed by atoms with Crippen molar-refractivity contribution in [2.75, 3.05) is 19.6 Å². The van der Waals surface area contributed by atoms with E-state index in [1.807, 2.05) is 31.2 Å². The third-order valence-electron chi connectivity index (χ3n) is 5.15. The molecule has 4 nitrogen and oxygen atoms in total. The van der Waals surface area contributed by atoms with Gasteiger partial charge < -0.3 is 9.73 Å². The number of aryl methyl sites for hydroxylation is 1. The van der Waals surface area contributed by atoms with Crippen molar-refractivity contribution in [3.05, 3.63) is 57.8 Å². The zero-order valence-corrected chi connectivity index (χ0v) is 16.9. The van der Waals surface area contributed by atoms with Gasteiger partial charge in [0, 0.05) is 16.6 Å². The maximum absolute atomic E-state index is 12.8. The number of fused-ring (bicyclic) bond motifs is 1. The molecule has 0 saturated carbocycles. The second kappa shape index (κ2) is 8.05. The summed E-state index contributed by atoms with van der Waals surface area (Å²) in [6, 6.07) is 10.0. The molecule has 1 N–H and O–H groups in total. The van der Waals surface area contributed by atoms with E-state index >= 15 is 0 Å². The molecular weight excluding hydrogens is 380 g/mol. The molecule has 1 atom stereocenters. The fourth-order valence-electron chi connectivity index (χ4n) is 3.71. The summed E-state index contributed by atoms with van der Waals surface area (Å²) in [7, 11) is 0. The summed E-state index contributed by atoms with van der Waals surface area (Å²) in [5.41, 5.74) is 1.16. The number of hydrogen-bond donors (Lipinski definition) is 1. The Morgan fingerprint density at radius 2 is 2.11 bits per heavy atom. The number of amides is 1. The molecule has 1 aliphatic heterocycles. The summed E-state index contributed by atoms with van der Waals surface area (Å²) in [5.74, 6) is 0.780. The second-order valence-electron chi connectivity index (χ2n) is 7.08. The van der Waals surface area contributed by atoms with Gasteiger partial charge in [-0.1, -0.05) is 30.2 Å². The zero-order chi connectivity index (χ0) is 18.8. The van der Waals surface area contributed by atoms with Gasteiger partial charge in [-0.05, 0) is 56.6 Å². The van der Waals surface area contributed by atoms with Crippen LogP contribution in [0, 0.1) is 6.92 Å². The molecule has 4 rings (SSSR count). The lowest BCUT2D eigenvalue weighted by atomic mass is 10.1. The lowest BCUT2D eigenvalue weighted by Crippen LogP contribution is -2.40. The number of furan rings is 1. The van der Waals surface area contributed by atoms with Crippen LogP contribution in [0.5, 0.6) is 0 Å². The number of benzene rings is 1. The maximum atomic E-state index is 12.8. The van der Waals surface area contributed by atoms with Crippen LogP contribution in [0.2, 0.25) is 5.02 Å². The van der Waals surface area contributed by atoms with Gasteiger partial charge in [0.2, 0.25) is 0 Å². The van der Waals surface area contributed by atoms with E-state index in [0.717, 1.165) is 34.5 Å². The van der Waals surface area contributed by atoms with Gasteiger partial charge in [0.25, 0.3) is 5.91 Å². The Bertz CT molecular complexity index is 929. The fraction of sp³-hybridized carbons (Fsp3) is 0.381. The van der Waals surface area contributed by atoms with Crippen LogP contribution < -0.4 is 5.32 Å². The van der Waals surface area contributed by atoms with Crippen molar-refractivity contribution < 1.29 is 9.21 Å². The first kappa shape index (κ1) is 18.5. The van der Waals surface area contributed by atoms with E-state index < -0.39 is 0 Å². The number of carbonyl (C=O) groups is 1. The van der Waals surface area contributed by atoms with Crippen molar-refractivity contribution in [2.45, 2.75) is 32.2 Å².